The lowest BCUT2D eigenvalue weighted by atomic mass is 10.5. The van der Waals surface area contributed by atoms with Gasteiger partial charge < -0.3 is 0 Å². The van der Waals surface area contributed by atoms with Crippen molar-refractivity contribution in [3.63, 3.8) is 0 Å². The maximum atomic E-state index is 5.00. The molecule has 0 unspecified atom stereocenters. The van der Waals surface area contributed by atoms with Gasteiger partial charge in [0, 0.05) is 4.88 Å². The van der Waals surface area contributed by atoms with Crippen LogP contribution in [-0.4, -0.2) is 21.1 Å². The minimum absolute atomic E-state index is 0.510. The Morgan fingerprint density at radius 3 is 3.14 bits per heavy atom. The fourth-order valence-electron chi connectivity index (χ4n) is 0.986. The molecule has 2 aromatic heterocycles. The number of nitrogens with one attached hydrogen (secondary N) is 1. The summed E-state index contributed by atoms with van der Waals surface area (Å²) in [6.07, 6.45) is 1.77. The fraction of sp³-hybridized carbons (Fsp3) is 0.125. The second-order valence-corrected chi connectivity index (χ2v) is 4.01. The van der Waals surface area contributed by atoms with E-state index in [9.17, 15) is 0 Å². The van der Waals surface area contributed by atoms with Gasteiger partial charge in [0.25, 0.3) is 0 Å². The maximum absolute atomic E-state index is 5.00. The van der Waals surface area contributed by atoms with Gasteiger partial charge in [-0.3, -0.25) is 5.10 Å². The van der Waals surface area contributed by atoms with Crippen molar-refractivity contribution in [2.45, 2.75) is 6.92 Å². The van der Waals surface area contributed by atoms with E-state index in [2.05, 4.69) is 15.3 Å². The van der Waals surface area contributed by atoms with E-state index in [1.807, 2.05) is 24.4 Å². The Morgan fingerprint density at radius 1 is 1.71 bits per heavy atom. The molecule has 0 aliphatic carbocycles. The van der Waals surface area contributed by atoms with Crippen molar-refractivity contribution in [1.29, 1.82) is 0 Å². The van der Waals surface area contributed by atoms with Crippen molar-refractivity contribution in [2.24, 2.45) is 5.10 Å². The van der Waals surface area contributed by atoms with Gasteiger partial charge in [-0.1, -0.05) is 6.07 Å². The fourth-order valence-corrected chi connectivity index (χ4v) is 1.79. The molecule has 2 aromatic rings. The number of aryl methyl sites for hydroxylation is 1. The normalized spacial score (nSPS) is 11.2. The summed E-state index contributed by atoms with van der Waals surface area (Å²) in [4.78, 5) is 1.09. The predicted octanol–water partition coefficient (Wildman–Crippen LogP) is 2.19. The molecule has 0 fully saturated rings. The topological polar surface area (TPSA) is 46.0 Å². The molecule has 4 nitrogen and oxygen atoms in total. The second kappa shape index (κ2) is 3.85. The molecule has 0 spiro atoms. The summed E-state index contributed by atoms with van der Waals surface area (Å²) in [5.74, 6) is 0.753. The molecule has 14 heavy (non-hydrogen) atoms. The first kappa shape index (κ1) is 9.29. The third kappa shape index (κ3) is 1.80. The second-order valence-electron chi connectivity index (χ2n) is 2.65. The molecule has 72 valence electrons. The number of nitrogens with zero attached hydrogens (tertiary/aromatic N) is 3. The summed E-state index contributed by atoms with van der Waals surface area (Å²) < 4.78 is 2.10. The minimum atomic E-state index is 0.510. The molecule has 6 heteroatoms. The van der Waals surface area contributed by atoms with Crippen LogP contribution in [0.15, 0.2) is 22.6 Å². The monoisotopic (exact) mass is 224 g/mol. The highest BCUT2D eigenvalue weighted by molar-refractivity contribution is 7.71. The van der Waals surface area contributed by atoms with Crippen LogP contribution in [-0.2, 0) is 0 Å². The molecule has 0 amide bonds. The van der Waals surface area contributed by atoms with Gasteiger partial charge in [-0.2, -0.15) is 14.9 Å². The molecule has 0 atom stereocenters. The van der Waals surface area contributed by atoms with E-state index in [0.29, 0.717) is 4.77 Å². The molecule has 2 heterocycles. The summed E-state index contributed by atoms with van der Waals surface area (Å²) in [6.45, 7) is 1.85. The van der Waals surface area contributed by atoms with Gasteiger partial charge in [0.15, 0.2) is 0 Å². The van der Waals surface area contributed by atoms with Crippen LogP contribution >= 0.6 is 23.6 Å². The zero-order valence-corrected chi connectivity index (χ0v) is 9.10. The highest BCUT2D eigenvalue weighted by Crippen LogP contribution is 2.05. The van der Waals surface area contributed by atoms with Gasteiger partial charge in [0.2, 0.25) is 4.77 Å². The van der Waals surface area contributed by atoms with Crippen LogP contribution in [0.5, 0.6) is 0 Å². The van der Waals surface area contributed by atoms with E-state index in [1.54, 1.807) is 22.2 Å². The van der Waals surface area contributed by atoms with E-state index in [0.717, 1.165) is 10.7 Å². The van der Waals surface area contributed by atoms with E-state index >= 15 is 0 Å². The van der Waals surface area contributed by atoms with Gasteiger partial charge in [0.05, 0.1) is 6.21 Å². The lowest BCUT2D eigenvalue weighted by Crippen LogP contribution is -1.92. The average Bonchev–Trinajstić information content (AvgIpc) is 2.76. The van der Waals surface area contributed by atoms with Crippen molar-refractivity contribution in [2.75, 3.05) is 0 Å². The molecule has 0 aliphatic rings. The summed E-state index contributed by atoms with van der Waals surface area (Å²) in [7, 11) is 0. The summed E-state index contributed by atoms with van der Waals surface area (Å²) in [5.41, 5.74) is 0. The summed E-state index contributed by atoms with van der Waals surface area (Å²) in [5, 5.41) is 12.8. The number of hydrogen-bond acceptors (Lipinski definition) is 4. The molecule has 0 bridgehead atoms. The molecule has 1 N–H and O–H groups in total. The lowest BCUT2D eigenvalue weighted by molar-refractivity contribution is 0.821. The van der Waals surface area contributed by atoms with Crippen LogP contribution in [0.4, 0.5) is 0 Å². The van der Waals surface area contributed by atoms with Crippen molar-refractivity contribution in [3.05, 3.63) is 33.0 Å². The number of rotatable bonds is 2. The van der Waals surface area contributed by atoms with Crippen LogP contribution in [0.25, 0.3) is 0 Å². The number of H-pyrrole nitrogens is 1. The van der Waals surface area contributed by atoms with Gasteiger partial charge in [0.1, 0.15) is 5.82 Å². The largest absolute Gasteiger partial charge is 0.250 e. The standard InChI is InChI=1S/C8H8N4S2/c1-6-10-11-8(13)12(6)9-5-7-3-2-4-14-7/h2-5H,1H3,(H,11,13)/b9-5-. The summed E-state index contributed by atoms with van der Waals surface area (Å²) in [6, 6.07) is 3.97. The average molecular weight is 224 g/mol. The zero-order chi connectivity index (χ0) is 9.97. The quantitative estimate of drug-likeness (QED) is 0.628. The van der Waals surface area contributed by atoms with E-state index in [-0.39, 0.29) is 0 Å². The van der Waals surface area contributed by atoms with Crippen LogP contribution in [0.1, 0.15) is 10.7 Å². The van der Waals surface area contributed by atoms with Crippen molar-refractivity contribution < 1.29 is 0 Å². The first-order valence-electron chi connectivity index (χ1n) is 3.99. The lowest BCUT2D eigenvalue weighted by Gasteiger charge is -1.91. The Hall–Kier alpha value is -1.27. The highest BCUT2D eigenvalue weighted by atomic mass is 32.1. The van der Waals surface area contributed by atoms with Gasteiger partial charge >= 0.3 is 0 Å². The van der Waals surface area contributed by atoms with Crippen LogP contribution in [0.2, 0.25) is 0 Å². The number of aromatic amines is 1. The Morgan fingerprint density at radius 2 is 2.57 bits per heavy atom. The van der Waals surface area contributed by atoms with Crippen molar-refractivity contribution >= 4 is 29.8 Å². The first-order valence-corrected chi connectivity index (χ1v) is 5.28. The molecule has 0 saturated carbocycles. The molecular formula is C8H8N4S2. The Kier molecular flexibility index (Phi) is 2.55. The molecule has 0 aliphatic heterocycles. The van der Waals surface area contributed by atoms with Crippen LogP contribution in [0.3, 0.4) is 0 Å². The van der Waals surface area contributed by atoms with Gasteiger partial charge in [-0.25, -0.2) is 0 Å². The third-order valence-corrected chi connectivity index (χ3v) is 2.73. The molecule has 0 saturated heterocycles. The molecule has 0 aromatic carbocycles. The minimum Gasteiger partial charge on any atom is -0.250 e. The number of hydrogen-bond donors (Lipinski definition) is 1. The third-order valence-electron chi connectivity index (χ3n) is 1.66. The van der Waals surface area contributed by atoms with Gasteiger partial charge in [-0.05, 0) is 30.6 Å². The smallest absolute Gasteiger partial charge is 0.216 e. The van der Waals surface area contributed by atoms with Gasteiger partial charge in [-0.15, -0.1) is 11.3 Å². The number of aromatic nitrogens is 3. The maximum Gasteiger partial charge on any atom is 0.216 e. The Balaban J connectivity index is 2.31. The van der Waals surface area contributed by atoms with E-state index < -0.39 is 0 Å². The molecular weight excluding hydrogens is 216 g/mol. The van der Waals surface area contributed by atoms with Crippen LogP contribution < -0.4 is 0 Å². The number of thiophene rings is 1. The van der Waals surface area contributed by atoms with E-state index in [1.165, 1.54) is 0 Å². The first-order chi connectivity index (χ1) is 6.77. The van der Waals surface area contributed by atoms with Crippen molar-refractivity contribution in [3.8, 4) is 0 Å². The summed E-state index contributed by atoms with van der Waals surface area (Å²) >= 11 is 6.63. The SMILES string of the molecule is Cc1n[nH]c(=S)n1/N=C\c1cccs1. The molecule has 0 radical (unpaired) electrons. The Bertz CT molecular complexity index is 492. The zero-order valence-electron chi connectivity index (χ0n) is 7.47. The Labute approximate surface area is 89.9 Å². The highest BCUT2D eigenvalue weighted by Gasteiger charge is 1.96. The molecule has 2 rings (SSSR count). The van der Waals surface area contributed by atoms with E-state index in [4.69, 9.17) is 12.2 Å². The van der Waals surface area contributed by atoms with Crippen LogP contribution in [0, 0.1) is 11.7 Å². The predicted molar refractivity (Wildman–Crippen MR) is 59.5 cm³/mol. The van der Waals surface area contributed by atoms with Crippen molar-refractivity contribution in [1.82, 2.24) is 14.9 Å².